The average Bonchev–Trinajstić information content (AvgIpc) is 1.96. The van der Waals surface area contributed by atoms with Gasteiger partial charge >= 0.3 is 0 Å². The van der Waals surface area contributed by atoms with Crippen LogP contribution in [0.25, 0.3) is 0 Å². The Kier molecular flexibility index (Phi) is 4.22. The Labute approximate surface area is 80.1 Å². The molecule has 1 aliphatic rings. The van der Waals surface area contributed by atoms with Crippen LogP contribution in [0, 0.1) is 5.92 Å². The fourth-order valence-electron chi connectivity index (χ4n) is 1.47. The standard InChI is InChI=1S/C10H20N2O/c1-8(11)5-6-12-10(13)7-9-3-2-4-9/h8-9H,2-7,11H2,1H3,(H,12,13). The molecule has 1 amide bonds. The van der Waals surface area contributed by atoms with E-state index in [9.17, 15) is 4.79 Å². The molecule has 0 aromatic carbocycles. The Bertz CT molecular complexity index is 164. The summed E-state index contributed by atoms with van der Waals surface area (Å²) in [7, 11) is 0. The van der Waals surface area contributed by atoms with E-state index in [0.717, 1.165) is 19.4 Å². The Morgan fingerprint density at radius 2 is 2.31 bits per heavy atom. The number of carbonyl (C=O) groups excluding carboxylic acids is 1. The highest BCUT2D eigenvalue weighted by atomic mass is 16.1. The number of nitrogens with one attached hydrogen (secondary N) is 1. The quantitative estimate of drug-likeness (QED) is 0.670. The summed E-state index contributed by atoms with van der Waals surface area (Å²) in [6.07, 6.45) is 5.37. The highest BCUT2D eigenvalue weighted by Crippen LogP contribution is 2.28. The van der Waals surface area contributed by atoms with Gasteiger partial charge in [-0.05, 0) is 32.1 Å². The molecule has 0 saturated heterocycles. The second-order valence-electron chi connectivity index (χ2n) is 4.12. The fourth-order valence-corrected chi connectivity index (χ4v) is 1.47. The SMILES string of the molecule is CC(N)CCNC(=O)CC1CCC1. The van der Waals surface area contributed by atoms with Crippen LogP contribution in [-0.2, 0) is 4.79 Å². The summed E-state index contributed by atoms with van der Waals surface area (Å²) in [5.74, 6) is 0.862. The Morgan fingerprint density at radius 3 is 2.77 bits per heavy atom. The summed E-state index contributed by atoms with van der Waals surface area (Å²) in [4.78, 5) is 11.3. The van der Waals surface area contributed by atoms with Crippen LogP contribution >= 0.6 is 0 Å². The maximum Gasteiger partial charge on any atom is 0.220 e. The molecule has 0 heterocycles. The van der Waals surface area contributed by atoms with Crippen molar-refractivity contribution in [2.75, 3.05) is 6.54 Å². The van der Waals surface area contributed by atoms with Crippen molar-refractivity contribution in [3.8, 4) is 0 Å². The molecular weight excluding hydrogens is 164 g/mol. The highest BCUT2D eigenvalue weighted by Gasteiger charge is 2.20. The third-order valence-electron chi connectivity index (χ3n) is 2.62. The van der Waals surface area contributed by atoms with E-state index in [0.29, 0.717) is 5.92 Å². The second kappa shape index (κ2) is 5.22. The van der Waals surface area contributed by atoms with Gasteiger partial charge in [0.05, 0.1) is 0 Å². The molecule has 3 heteroatoms. The second-order valence-corrected chi connectivity index (χ2v) is 4.12. The predicted molar refractivity (Wildman–Crippen MR) is 53.2 cm³/mol. The van der Waals surface area contributed by atoms with E-state index in [1.165, 1.54) is 19.3 Å². The normalized spacial score (nSPS) is 19.2. The van der Waals surface area contributed by atoms with E-state index in [1.807, 2.05) is 6.92 Å². The van der Waals surface area contributed by atoms with Crippen molar-refractivity contribution < 1.29 is 4.79 Å². The van der Waals surface area contributed by atoms with E-state index < -0.39 is 0 Å². The zero-order valence-electron chi connectivity index (χ0n) is 8.38. The van der Waals surface area contributed by atoms with Crippen LogP contribution < -0.4 is 11.1 Å². The monoisotopic (exact) mass is 184 g/mol. The Balaban J connectivity index is 1.97. The number of hydrogen-bond donors (Lipinski definition) is 2. The first kappa shape index (κ1) is 10.5. The smallest absolute Gasteiger partial charge is 0.220 e. The van der Waals surface area contributed by atoms with Crippen LogP contribution in [0.2, 0.25) is 0 Å². The van der Waals surface area contributed by atoms with Crippen LogP contribution in [-0.4, -0.2) is 18.5 Å². The summed E-state index contributed by atoms with van der Waals surface area (Å²) in [5, 5.41) is 2.89. The van der Waals surface area contributed by atoms with Gasteiger partial charge in [0.25, 0.3) is 0 Å². The van der Waals surface area contributed by atoms with Crippen molar-refractivity contribution >= 4 is 5.91 Å². The number of hydrogen-bond acceptors (Lipinski definition) is 2. The van der Waals surface area contributed by atoms with Gasteiger partial charge in [0.1, 0.15) is 0 Å². The van der Waals surface area contributed by atoms with Crippen molar-refractivity contribution in [3.63, 3.8) is 0 Å². The topological polar surface area (TPSA) is 55.1 Å². The molecule has 3 N–H and O–H groups in total. The van der Waals surface area contributed by atoms with Crippen LogP contribution in [0.4, 0.5) is 0 Å². The van der Waals surface area contributed by atoms with Gasteiger partial charge in [-0.25, -0.2) is 0 Å². The lowest BCUT2D eigenvalue weighted by atomic mass is 9.83. The molecule has 0 aliphatic heterocycles. The van der Waals surface area contributed by atoms with Gasteiger partial charge in [0.2, 0.25) is 5.91 Å². The van der Waals surface area contributed by atoms with E-state index >= 15 is 0 Å². The van der Waals surface area contributed by atoms with Crippen LogP contribution in [0.5, 0.6) is 0 Å². The molecule has 3 nitrogen and oxygen atoms in total. The average molecular weight is 184 g/mol. The van der Waals surface area contributed by atoms with Gasteiger partial charge in [-0.2, -0.15) is 0 Å². The summed E-state index contributed by atoms with van der Waals surface area (Å²) in [5.41, 5.74) is 5.57. The van der Waals surface area contributed by atoms with Crippen LogP contribution in [0.15, 0.2) is 0 Å². The molecule has 1 unspecified atom stereocenters. The molecule has 1 saturated carbocycles. The van der Waals surface area contributed by atoms with E-state index in [2.05, 4.69) is 5.32 Å². The number of nitrogens with two attached hydrogens (primary N) is 1. The van der Waals surface area contributed by atoms with E-state index in [-0.39, 0.29) is 11.9 Å². The number of carbonyl (C=O) groups is 1. The third kappa shape index (κ3) is 4.27. The minimum atomic E-state index is 0.184. The van der Waals surface area contributed by atoms with Crippen molar-refractivity contribution in [2.45, 2.75) is 45.1 Å². The van der Waals surface area contributed by atoms with Crippen LogP contribution in [0.3, 0.4) is 0 Å². The lowest BCUT2D eigenvalue weighted by molar-refractivity contribution is -0.122. The first-order valence-electron chi connectivity index (χ1n) is 5.20. The summed E-state index contributed by atoms with van der Waals surface area (Å²) in [6, 6.07) is 0.184. The molecule has 1 atom stereocenters. The summed E-state index contributed by atoms with van der Waals surface area (Å²) < 4.78 is 0. The van der Waals surface area contributed by atoms with E-state index in [1.54, 1.807) is 0 Å². The molecule has 0 bridgehead atoms. The van der Waals surface area contributed by atoms with Gasteiger partial charge in [-0.15, -0.1) is 0 Å². The maximum atomic E-state index is 11.3. The lowest BCUT2D eigenvalue weighted by Crippen LogP contribution is -2.31. The molecule has 0 aromatic rings. The molecule has 0 radical (unpaired) electrons. The zero-order chi connectivity index (χ0) is 9.68. The summed E-state index contributed by atoms with van der Waals surface area (Å²) in [6.45, 7) is 2.68. The minimum absolute atomic E-state index is 0.184. The molecule has 0 spiro atoms. The minimum Gasteiger partial charge on any atom is -0.356 e. The van der Waals surface area contributed by atoms with Gasteiger partial charge in [-0.3, -0.25) is 4.79 Å². The van der Waals surface area contributed by atoms with Crippen molar-refractivity contribution in [3.05, 3.63) is 0 Å². The molecular formula is C10H20N2O. The Morgan fingerprint density at radius 1 is 1.62 bits per heavy atom. The van der Waals surface area contributed by atoms with Crippen molar-refractivity contribution in [2.24, 2.45) is 11.7 Å². The predicted octanol–water partition coefficient (Wildman–Crippen LogP) is 1.03. The first-order chi connectivity index (χ1) is 6.18. The third-order valence-corrected chi connectivity index (χ3v) is 2.62. The van der Waals surface area contributed by atoms with Crippen LogP contribution in [0.1, 0.15) is 39.0 Å². The highest BCUT2D eigenvalue weighted by molar-refractivity contribution is 5.76. The number of rotatable bonds is 5. The van der Waals surface area contributed by atoms with Gasteiger partial charge in [0, 0.05) is 19.0 Å². The van der Waals surface area contributed by atoms with Gasteiger partial charge in [-0.1, -0.05) is 6.42 Å². The molecule has 1 aliphatic carbocycles. The summed E-state index contributed by atoms with van der Waals surface area (Å²) >= 11 is 0. The fraction of sp³-hybridized carbons (Fsp3) is 0.900. The van der Waals surface area contributed by atoms with Gasteiger partial charge in [0.15, 0.2) is 0 Å². The molecule has 13 heavy (non-hydrogen) atoms. The van der Waals surface area contributed by atoms with Crippen molar-refractivity contribution in [1.29, 1.82) is 0 Å². The Hall–Kier alpha value is -0.570. The lowest BCUT2D eigenvalue weighted by Gasteiger charge is -2.24. The maximum absolute atomic E-state index is 11.3. The molecule has 1 rings (SSSR count). The molecule has 1 fully saturated rings. The van der Waals surface area contributed by atoms with Gasteiger partial charge < -0.3 is 11.1 Å². The zero-order valence-corrected chi connectivity index (χ0v) is 8.38. The largest absolute Gasteiger partial charge is 0.356 e. The van der Waals surface area contributed by atoms with E-state index in [4.69, 9.17) is 5.73 Å². The number of amides is 1. The van der Waals surface area contributed by atoms with Crippen molar-refractivity contribution in [1.82, 2.24) is 5.32 Å². The molecule has 76 valence electrons. The first-order valence-corrected chi connectivity index (χ1v) is 5.20. The molecule has 0 aromatic heterocycles.